The first kappa shape index (κ1) is 43.1. The molecule has 326 valence electrons. The SMILES string of the molecule is Cc1ccc(-c2c3nc(c(-c4nccn4COCC[Si](C)(C)C)c4ccc([nH]4)c(-c4ccc(C)cc4)c4nc(c(-c5nccn5COCC[Si](C)(C)C)c5ccc2[nH]5)C=C4)C=C3)cc1. The lowest BCUT2D eigenvalue weighted by molar-refractivity contribution is 0.0882. The molecule has 0 spiro atoms. The van der Waals surface area contributed by atoms with Crippen molar-refractivity contribution in [1.29, 1.82) is 0 Å². The fraction of sp³-hybridized carbons (Fsp3) is 0.269. The van der Waals surface area contributed by atoms with E-state index >= 15 is 0 Å². The predicted octanol–water partition coefficient (Wildman–Crippen LogP) is 13.0. The third kappa shape index (κ3) is 9.37. The molecule has 0 fully saturated rings. The Morgan fingerprint density at radius 3 is 1.17 bits per heavy atom. The van der Waals surface area contributed by atoms with Crippen LogP contribution >= 0.6 is 0 Å². The lowest BCUT2D eigenvalue weighted by atomic mass is 10.0. The highest BCUT2D eigenvalue weighted by atomic mass is 28.3. The Kier molecular flexibility index (Phi) is 12.0. The lowest BCUT2D eigenvalue weighted by Crippen LogP contribution is -2.22. The van der Waals surface area contributed by atoms with Gasteiger partial charge in [-0.1, -0.05) is 98.9 Å². The maximum Gasteiger partial charge on any atom is 0.146 e. The molecule has 2 N–H and O–H groups in total. The van der Waals surface area contributed by atoms with Crippen molar-refractivity contribution in [3.8, 4) is 45.0 Å². The molecule has 0 saturated carbocycles. The average Bonchev–Trinajstić information content (AvgIpc) is 4.12. The van der Waals surface area contributed by atoms with Crippen LogP contribution in [0.15, 0.2) is 97.6 Å². The zero-order valence-electron chi connectivity index (χ0n) is 38.3. The van der Waals surface area contributed by atoms with Gasteiger partial charge in [0.15, 0.2) is 0 Å². The second-order valence-electron chi connectivity index (χ2n) is 19.4. The third-order valence-corrected chi connectivity index (χ3v) is 15.2. The molecule has 10 nitrogen and oxygen atoms in total. The van der Waals surface area contributed by atoms with E-state index in [1.165, 1.54) is 11.1 Å². The Labute approximate surface area is 377 Å². The summed E-state index contributed by atoms with van der Waals surface area (Å²) in [4.78, 5) is 28.6. The number of nitrogens with zero attached hydrogens (tertiary/aromatic N) is 6. The normalized spacial score (nSPS) is 12.8. The molecule has 0 atom stereocenters. The number of ether oxygens (including phenoxy) is 2. The number of hydrogen-bond donors (Lipinski definition) is 2. The van der Waals surface area contributed by atoms with Crippen LogP contribution in [-0.4, -0.2) is 68.4 Å². The predicted molar refractivity (Wildman–Crippen MR) is 270 cm³/mol. The molecule has 5 aromatic heterocycles. The van der Waals surface area contributed by atoms with Crippen LogP contribution in [0.3, 0.4) is 0 Å². The molecule has 7 aromatic rings. The Hall–Kier alpha value is -6.19. The van der Waals surface area contributed by atoms with E-state index in [9.17, 15) is 0 Å². The van der Waals surface area contributed by atoms with Gasteiger partial charge in [-0.25, -0.2) is 19.9 Å². The van der Waals surface area contributed by atoms with E-state index < -0.39 is 16.1 Å². The van der Waals surface area contributed by atoms with Gasteiger partial charge in [-0.2, -0.15) is 0 Å². The molecule has 0 amide bonds. The van der Waals surface area contributed by atoms with Crippen LogP contribution in [-0.2, 0) is 22.9 Å². The Bertz CT molecular complexity index is 2840. The van der Waals surface area contributed by atoms with Crippen molar-refractivity contribution < 1.29 is 9.47 Å². The van der Waals surface area contributed by atoms with Crippen molar-refractivity contribution in [2.45, 2.75) is 78.7 Å². The summed E-state index contributed by atoms with van der Waals surface area (Å²) >= 11 is 0. The van der Waals surface area contributed by atoms with Gasteiger partial charge in [0, 0.05) is 76.3 Å². The minimum atomic E-state index is -1.27. The van der Waals surface area contributed by atoms with Gasteiger partial charge in [-0.05, 0) is 85.6 Å². The number of fused-ring (bicyclic) bond motifs is 8. The number of aromatic nitrogens is 8. The van der Waals surface area contributed by atoms with E-state index in [0.717, 1.165) is 102 Å². The van der Waals surface area contributed by atoms with Crippen LogP contribution in [0.1, 0.15) is 33.9 Å². The fourth-order valence-electron chi connectivity index (χ4n) is 8.09. The Balaban J connectivity index is 1.33. The number of aryl methyl sites for hydroxylation is 2. The molecule has 2 aliphatic heterocycles. The molecule has 8 bridgehead atoms. The van der Waals surface area contributed by atoms with Crippen LogP contribution in [0.4, 0.5) is 0 Å². The Morgan fingerprint density at radius 1 is 0.469 bits per heavy atom. The minimum absolute atomic E-state index is 0.388. The average molecular weight is 883 g/mol. The quantitative estimate of drug-likeness (QED) is 0.0831. The van der Waals surface area contributed by atoms with Gasteiger partial charge in [0.1, 0.15) is 25.1 Å². The zero-order chi connectivity index (χ0) is 44.6. The number of benzene rings is 2. The Morgan fingerprint density at radius 2 is 0.812 bits per heavy atom. The van der Waals surface area contributed by atoms with Crippen LogP contribution in [0.25, 0.3) is 91.4 Å². The van der Waals surface area contributed by atoms with Gasteiger partial charge < -0.3 is 28.6 Å². The van der Waals surface area contributed by atoms with Gasteiger partial charge in [-0.3, -0.25) is 0 Å². The molecule has 7 heterocycles. The number of hydrogen-bond acceptors (Lipinski definition) is 6. The van der Waals surface area contributed by atoms with Crippen molar-refractivity contribution in [2.24, 2.45) is 0 Å². The summed E-state index contributed by atoms with van der Waals surface area (Å²) < 4.78 is 16.8. The monoisotopic (exact) mass is 882 g/mol. The van der Waals surface area contributed by atoms with Gasteiger partial charge >= 0.3 is 0 Å². The molecule has 2 aromatic carbocycles. The summed E-state index contributed by atoms with van der Waals surface area (Å²) in [6, 6.07) is 28.0. The summed E-state index contributed by atoms with van der Waals surface area (Å²) in [5.74, 6) is 1.55. The zero-order valence-corrected chi connectivity index (χ0v) is 40.3. The van der Waals surface area contributed by atoms with Crippen molar-refractivity contribution >= 4 is 62.5 Å². The fourth-order valence-corrected chi connectivity index (χ4v) is 9.60. The van der Waals surface area contributed by atoms with E-state index in [4.69, 9.17) is 29.4 Å². The standard InChI is InChI=1S/C52H58N8O2Si2/c1-35-9-13-37(14-10-35)47-39-17-21-43(55-39)49(51-53-25-27-59(51)33-61-29-31-63(3,4)5)45-23-19-41(57-45)48(38-15-11-36(2)12-16-38)42-20-24-46(58-42)50(44-22-18-40(47)56-44)52-54-26-28-60(52)34-62-30-32-64(6,7)8/h9-28,55,58H,29-34H2,1-8H3. The van der Waals surface area contributed by atoms with Crippen LogP contribution in [0.2, 0.25) is 51.4 Å². The molecule has 2 aliphatic rings. The highest BCUT2D eigenvalue weighted by Gasteiger charge is 2.22. The van der Waals surface area contributed by atoms with Gasteiger partial charge in [-0.15, -0.1) is 0 Å². The van der Waals surface area contributed by atoms with Gasteiger partial charge in [0.05, 0.1) is 44.9 Å². The van der Waals surface area contributed by atoms with Crippen LogP contribution in [0, 0.1) is 13.8 Å². The van der Waals surface area contributed by atoms with Crippen molar-refractivity contribution in [3.05, 3.63) is 131 Å². The largest absolute Gasteiger partial charge is 0.361 e. The molecular formula is C52H58N8O2Si2. The first-order valence-electron chi connectivity index (χ1n) is 22.3. The number of H-pyrrole nitrogens is 2. The first-order valence-corrected chi connectivity index (χ1v) is 29.7. The van der Waals surface area contributed by atoms with E-state index in [2.05, 4.69) is 169 Å². The van der Waals surface area contributed by atoms with Crippen LogP contribution < -0.4 is 0 Å². The molecular weight excluding hydrogens is 825 g/mol. The molecule has 12 heteroatoms. The van der Waals surface area contributed by atoms with E-state index in [0.29, 0.717) is 26.7 Å². The van der Waals surface area contributed by atoms with E-state index in [1.807, 2.05) is 24.8 Å². The highest BCUT2D eigenvalue weighted by Crippen LogP contribution is 2.38. The minimum Gasteiger partial charge on any atom is -0.361 e. The maximum atomic E-state index is 6.31. The summed E-state index contributed by atoms with van der Waals surface area (Å²) in [7, 11) is -2.54. The molecule has 0 aliphatic carbocycles. The van der Waals surface area contributed by atoms with E-state index in [-0.39, 0.29) is 0 Å². The summed E-state index contributed by atoms with van der Waals surface area (Å²) in [6.45, 7) is 20.7. The van der Waals surface area contributed by atoms with Crippen molar-refractivity contribution in [1.82, 2.24) is 39.0 Å². The third-order valence-electron chi connectivity index (χ3n) is 11.8. The number of nitrogens with one attached hydrogen (secondary N) is 2. The van der Waals surface area contributed by atoms with Crippen LogP contribution in [0.5, 0.6) is 0 Å². The van der Waals surface area contributed by atoms with Gasteiger partial charge in [0.25, 0.3) is 0 Å². The molecule has 9 rings (SSSR count). The maximum absolute atomic E-state index is 6.31. The summed E-state index contributed by atoms with van der Waals surface area (Å²) in [5, 5.41) is 0. The number of aromatic amines is 2. The number of rotatable bonds is 14. The molecule has 0 unspecified atom stereocenters. The smallest absolute Gasteiger partial charge is 0.146 e. The van der Waals surface area contributed by atoms with Crippen molar-refractivity contribution in [3.63, 3.8) is 0 Å². The highest BCUT2D eigenvalue weighted by molar-refractivity contribution is 6.76. The molecule has 64 heavy (non-hydrogen) atoms. The topological polar surface area (TPSA) is 111 Å². The molecule has 0 saturated heterocycles. The van der Waals surface area contributed by atoms with E-state index in [1.54, 1.807) is 0 Å². The summed E-state index contributed by atoms with van der Waals surface area (Å²) in [6.07, 6.45) is 16.1. The summed E-state index contributed by atoms with van der Waals surface area (Å²) in [5.41, 5.74) is 15.1. The number of imidazole rings is 2. The van der Waals surface area contributed by atoms with Gasteiger partial charge in [0.2, 0.25) is 0 Å². The lowest BCUT2D eigenvalue weighted by Gasteiger charge is -2.16. The van der Waals surface area contributed by atoms with Crippen molar-refractivity contribution in [2.75, 3.05) is 13.2 Å². The second kappa shape index (κ2) is 17.8. The molecule has 0 radical (unpaired) electrons. The first-order chi connectivity index (χ1) is 30.8. The second-order valence-corrected chi connectivity index (χ2v) is 30.6.